The third-order valence-corrected chi connectivity index (χ3v) is 7.69. The van der Waals surface area contributed by atoms with E-state index in [1.165, 1.54) is 13.8 Å². The molecule has 2 aromatic heterocycles. The number of benzene rings is 2. The number of pyridine rings is 2. The van der Waals surface area contributed by atoms with Crippen molar-refractivity contribution < 1.29 is 10.2 Å². The summed E-state index contributed by atoms with van der Waals surface area (Å²) in [5.74, 6) is -0.749. The Morgan fingerprint density at radius 3 is 1.36 bits per heavy atom. The highest BCUT2D eigenvalue weighted by molar-refractivity contribution is 7.80. The molecule has 14 heteroatoms. The van der Waals surface area contributed by atoms with Crippen LogP contribution in [0.5, 0.6) is 11.8 Å². The number of azo groups is 2. The van der Waals surface area contributed by atoms with Gasteiger partial charge in [0.1, 0.15) is 23.3 Å². The number of aromatic hydroxyl groups is 2. The maximum absolute atomic E-state index is 12.4. The van der Waals surface area contributed by atoms with Gasteiger partial charge in [0.25, 0.3) is 11.1 Å². The number of nitriles is 2. The number of hydrogen-bond acceptors (Lipinski definition) is 12. The van der Waals surface area contributed by atoms with Crippen LogP contribution in [0.25, 0.3) is 11.1 Å². The van der Waals surface area contributed by atoms with E-state index in [0.29, 0.717) is 21.2 Å². The summed E-state index contributed by atoms with van der Waals surface area (Å²) in [5.41, 5.74) is 1.38. The first-order chi connectivity index (χ1) is 21.0. The van der Waals surface area contributed by atoms with Crippen LogP contribution in [0.15, 0.2) is 76.2 Å². The summed E-state index contributed by atoms with van der Waals surface area (Å²) in [7, 11) is 0. The minimum atomic E-state index is -0.593. The molecule has 2 N–H and O–H groups in total. The largest absolute Gasteiger partial charge is 0.493 e. The minimum Gasteiger partial charge on any atom is -0.493 e. The zero-order chi connectivity index (χ0) is 32.3. The van der Waals surface area contributed by atoms with E-state index in [0.717, 1.165) is 20.3 Å². The van der Waals surface area contributed by atoms with Gasteiger partial charge >= 0.3 is 0 Å². The molecule has 222 valence electrons. The molecule has 0 atom stereocenters. The zero-order valence-corrected chi connectivity index (χ0v) is 25.9. The monoisotopic (exact) mass is 626 g/mol. The first-order valence-electron chi connectivity index (χ1n) is 13.2. The molecule has 2 aromatic carbocycles. The molecule has 0 saturated heterocycles. The lowest BCUT2D eigenvalue weighted by Crippen LogP contribution is -2.23. The maximum Gasteiger partial charge on any atom is 0.271 e. The van der Waals surface area contributed by atoms with E-state index in [9.17, 15) is 30.3 Å². The first-order valence-corrected chi connectivity index (χ1v) is 14.1. The molecule has 0 unspecified atom stereocenters. The fourth-order valence-electron chi connectivity index (χ4n) is 4.54. The van der Waals surface area contributed by atoms with Crippen molar-refractivity contribution in [1.29, 1.82) is 10.5 Å². The Bertz CT molecular complexity index is 1940. The Kier molecular flexibility index (Phi) is 9.37. The smallest absolute Gasteiger partial charge is 0.271 e. The highest BCUT2D eigenvalue weighted by Crippen LogP contribution is 2.38. The van der Waals surface area contributed by atoms with Gasteiger partial charge in [-0.05, 0) is 63.1 Å². The van der Waals surface area contributed by atoms with Gasteiger partial charge in [-0.1, -0.05) is 12.1 Å². The summed E-state index contributed by atoms with van der Waals surface area (Å²) >= 11 is 9.22. The van der Waals surface area contributed by atoms with Crippen LogP contribution < -0.4 is 11.1 Å². The second-order valence-electron chi connectivity index (χ2n) is 9.47. The van der Waals surface area contributed by atoms with Crippen molar-refractivity contribution in [1.82, 2.24) is 9.13 Å². The van der Waals surface area contributed by atoms with Gasteiger partial charge in [0.05, 0.1) is 11.4 Å². The average Bonchev–Trinajstić information content (AvgIpc) is 2.98. The molecule has 0 aliphatic rings. The molecule has 12 nitrogen and oxygen atoms in total. The summed E-state index contributed by atoms with van der Waals surface area (Å²) in [6.07, 6.45) is 0. The first kappa shape index (κ1) is 31.7. The Balaban J connectivity index is 1.65. The number of rotatable bonds is 7. The Morgan fingerprint density at radius 2 is 1.07 bits per heavy atom. The van der Waals surface area contributed by atoms with Crippen molar-refractivity contribution in [3.05, 3.63) is 79.4 Å². The molecule has 0 bridgehead atoms. The molecule has 0 radical (unpaired) electrons. The molecular formula is C30H26N8O4S2. The van der Waals surface area contributed by atoms with E-state index in [-0.39, 0.29) is 58.5 Å². The molecule has 0 fully saturated rings. The van der Waals surface area contributed by atoms with Gasteiger partial charge in [0.2, 0.25) is 11.8 Å². The van der Waals surface area contributed by atoms with Crippen molar-refractivity contribution >= 4 is 48.0 Å². The van der Waals surface area contributed by atoms with Crippen LogP contribution in [-0.2, 0) is 13.1 Å². The van der Waals surface area contributed by atoms with Gasteiger partial charge in [-0.2, -0.15) is 20.8 Å². The third-order valence-electron chi connectivity index (χ3n) is 6.95. The van der Waals surface area contributed by atoms with Crippen molar-refractivity contribution in [3.63, 3.8) is 0 Å². The van der Waals surface area contributed by atoms with Crippen molar-refractivity contribution in [2.45, 2.75) is 50.6 Å². The van der Waals surface area contributed by atoms with Gasteiger partial charge in [-0.25, -0.2) is 0 Å². The fraction of sp³-hybridized carbons (Fsp3) is 0.200. The predicted molar refractivity (Wildman–Crippen MR) is 170 cm³/mol. The molecule has 0 aliphatic heterocycles. The van der Waals surface area contributed by atoms with E-state index < -0.39 is 11.1 Å². The van der Waals surface area contributed by atoms with Gasteiger partial charge < -0.3 is 10.2 Å². The van der Waals surface area contributed by atoms with Crippen LogP contribution in [0.4, 0.5) is 22.7 Å². The zero-order valence-electron chi connectivity index (χ0n) is 24.1. The molecular weight excluding hydrogens is 601 g/mol. The maximum atomic E-state index is 12.4. The summed E-state index contributed by atoms with van der Waals surface area (Å²) in [4.78, 5) is 25.9. The van der Waals surface area contributed by atoms with Gasteiger partial charge in [-0.15, -0.1) is 35.5 Å². The number of thiol groups is 2. The van der Waals surface area contributed by atoms with Crippen LogP contribution in [0.2, 0.25) is 0 Å². The second kappa shape index (κ2) is 13.0. The standard InChI is InChI=1S/C30H26N8O4S2/c1-5-37-27(39)21(13-31)15(3)25(29(37)41)35-33-17-7-9-19(23(43)11-17)20-10-8-18(12-24(20)44)34-36-26-16(4)22(14-32)28(40)38(6-2)30(26)42/h7-12,41-44H,5-6H2,1-4H3. The lowest BCUT2D eigenvalue weighted by atomic mass is 10.0. The number of nitrogens with zero attached hydrogens (tertiary/aromatic N) is 8. The molecule has 44 heavy (non-hydrogen) atoms. The molecule has 2 heterocycles. The van der Waals surface area contributed by atoms with E-state index in [1.54, 1.807) is 50.2 Å². The molecule has 4 aromatic rings. The Labute approximate surface area is 262 Å². The average molecular weight is 627 g/mol. The molecule has 0 aliphatic carbocycles. The van der Waals surface area contributed by atoms with Crippen LogP contribution in [0.1, 0.15) is 36.1 Å². The van der Waals surface area contributed by atoms with Crippen molar-refractivity contribution in [2.24, 2.45) is 20.5 Å². The Morgan fingerprint density at radius 1 is 0.705 bits per heavy atom. The van der Waals surface area contributed by atoms with E-state index in [4.69, 9.17) is 0 Å². The van der Waals surface area contributed by atoms with Crippen molar-refractivity contribution in [2.75, 3.05) is 0 Å². The van der Waals surface area contributed by atoms with E-state index >= 15 is 0 Å². The van der Waals surface area contributed by atoms with Gasteiger partial charge in [-0.3, -0.25) is 18.7 Å². The lowest BCUT2D eigenvalue weighted by Gasteiger charge is -2.12. The highest BCUT2D eigenvalue weighted by atomic mass is 32.1. The molecule has 0 amide bonds. The van der Waals surface area contributed by atoms with Crippen molar-refractivity contribution in [3.8, 4) is 35.0 Å². The number of hydrogen-bond donors (Lipinski definition) is 4. The molecule has 4 rings (SSSR count). The second-order valence-corrected chi connectivity index (χ2v) is 10.4. The van der Waals surface area contributed by atoms with Crippen LogP contribution in [0, 0.1) is 36.5 Å². The topological polar surface area (TPSA) is 181 Å². The highest BCUT2D eigenvalue weighted by Gasteiger charge is 2.20. The van der Waals surface area contributed by atoms with E-state index in [2.05, 4.69) is 45.7 Å². The lowest BCUT2D eigenvalue weighted by molar-refractivity contribution is 0.411. The minimum absolute atomic E-state index is 0.0241. The van der Waals surface area contributed by atoms with Gasteiger partial charge in [0.15, 0.2) is 11.4 Å². The molecule has 0 spiro atoms. The Hall–Kier alpha value is -5.18. The van der Waals surface area contributed by atoms with E-state index in [1.807, 2.05) is 12.1 Å². The summed E-state index contributed by atoms with van der Waals surface area (Å²) in [5, 5.41) is 56.6. The summed E-state index contributed by atoms with van der Waals surface area (Å²) in [6.45, 7) is 6.69. The summed E-state index contributed by atoms with van der Waals surface area (Å²) in [6, 6.07) is 14.0. The summed E-state index contributed by atoms with van der Waals surface area (Å²) < 4.78 is 2.11. The van der Waals surface area contributed by atoms with Gasteiger partial charge in [0, 0.05) is 34.0 Å². The SMILES string of the molecule is CCn1c(O)c(N=Nc2ccc(-c3ccc(N=Nc4c(C)c(C#N)c(=O)n(CC)c4O)cc3S)c(S)c2)c(C)c(C#N)c1=O. The van der Waals surface area contributed by atoms with Crippen LogP contribution in [0.3, 0.4) is 0 Å². The van der Waals surface area contributed by atoms with Crippen LogP contribution >= 0.6 is 25.3 Å². The fourth-order valence-corrected chi connectivity index (χ4v) is 5.19. The van der Waals surface area contributed by atoms with Crippen LogP contribution in [-0.4, -0.2) is 19.3 Å². The number of aromatic nitrogens is 2. The predicted octanol–water partition coefficient (Wildman–Crippen LogP) is 6.90. The quantitative estimate of drug-likeness (QED) is 0.128. The normalized spacial score (nSPS) is 11.3. The molecule has 0 saturated carbocycles. The third kappa shape index (κ3) is 5.73.